The Morgan fingerprint density at radius 3 is 2.10 bits per heavy atom. The minimum atomic E-state index is -0.120. The fourth-order valence-corrected chi connectivity index (χ4v) is 2.62. The number of rotatable bonds is 10. The van der Waals surface area contributed by atoms with Gasteiger partial charge in [-0.1, -0.05) is 31.5 Å². The molecule has 0 aliphatic heterocycles. The fraction of sp³-hybridized carbons (Fsp3) is 0.208. The molecule has 0 fully saturated rings. The molecule has 0 radical (unpaired) electrons. The van der Waals surface area contributed by atoms with Gasteiger partial charge in [0.25, 0.3) is 0 Å². The second kappa shape index (κ2) is 10.8. The molecule has 0 heterocycles. The van der Waals surface area contributed by atoms with Crippen LogP contribution < -0.4 is 20.1 Å². The number of amides is 1. The van der Waals surface area contributed by atoms with Crippen molar-refractivity contribution < 1.29 is 14.3 Å². The van der Waals surface area contributed by atoms with Gasteiger partial charge in [-0.15, -0.1) is 0 Å². The van der Waals surface area contributed by atoms with Crippen LogP contribution >= 0.6 is 0 Å². The first-order valence-corrected chi connectivity index (χ1v) is 9.82. The Kier molecular flexibility index (Phi) is 7.52. The molecule has 0 aromatic heterocycles. The average Bonchev–Trinajstić information content (AvgIpc) is 2.75. The topological polar surface area (TPSA) is 59.6 Å². The van der Waals surface area contributed by atoms with Gasteiger partial charge in [-0.3, -0.25) is 4.79 Å². The highest BCUT2D eigenvalue weighted by Crippen LogP contribution is 2.22. The molecule has 3 rings (SSSR count). The Balaban J connectivity index is 1.43. The molecular formula is C24H26N2O3. The van der Waals surface area contributed by atoms with Gasteiger partial charge < -0.3 is 20.1 Å². The molecule has 29 heavy (non-hydrogen) atoms. The van der Waals surface area contributed by atoms with Crippen LogP contribution in [0.15, 0.2) is 78.9 Å². The van der Waals surface area contributed by atoms with E-state index in [1.54, 1.807) is 0 Å². The van der Waals surface area contributed by atoms with E-state index in [-0.39, 0.29) is 12.5 Å². The molecule has 3 aromatic rings. The first-order valence-electron chi connectivity index (χ1n) is 9.82. The average molecular weight is 390 g/mol. The highest BCUT2D eigenvalue weighted by atomic mass is 16.5. The van der Waals surface area contributed by atoms with Crippen molar-refractivity contribution in [3.8, 4) is 17.2 Å². The van der Waals surface area contributed by atoms with Gasteiger partial charge in [0.2, 0.25) is 5.91 Å². The number of carbonyl (C=O) groups is 1. The van der Waals surface area contributed by atoms with Crippen molar-refractivity contribution in [3.63, 3.8) is 0 Å². The molecule has 150 valence electrons. The minimum Gasteiger partial charge on any atom is -0.494 e. The zero-order valence-electron chi connectivity index (χ0n) is 16.6. The third-order valence-electron chi connectivity index (χ3n) is 4.19. The summed E-state index contributed by atoms with van der Waals surface area (Å²) in [4.78, 5) is 12.2. The summed E-state index contributed by atoms with van der Waals surface area (Å²) in [6.07, 6.45) is 2.15. The van der Waals surface area contributed by atoms with E-state index in [2.05, 4.69) is 17.6 Å². The van der Waals surface area contributed by atoms with E-state index < -0.39 is 0 Å². The van der Waals surface area contributed by atoms with E-state index in [9.17, 15) is 4.79 Å². The van der Waals surface area contributed by atoms with Crippen molar-refractivity contribution >= 4 is 17.3 Å². The monoisotopic (exact) mass is 390 g/mol. The summed E-state index contributed by atoms with van der Waals surface area (Å²) in [6, 6.07) is 24.5. The van der Waals surface area contributed by atoms with E-state index >= 15 is 0 Å². The predicted octanol–water partition coefficient (Wildman–Crippen LogP) is 5.71. The van der Waals surface area contributed by atoms with Crippen molar-refractivity contribution in [1.82, 2.24) is 0 Å². The lowest BCUT2D eigenvalue weighted by Gasteiger charge is -2.10. The molecule has 2 N–H and O–H groups in total. The van der Waals surface area contributed by atoms with Crippen molar-refractivity contribution in [2.75, 3.05) is 23.8 Å². The summed E-state index contributed by atoms with van der Waals surface area (Å²) in [5.74, 6) is 2.21. The Labute approximate surface area is 171 Å². The number of benzene rings is 3. The second-order valence-electron chi connectivity index (χ2n) is 6.57. The summed E-state index contributed by atoms with van der Waals surface area (Å²) in [5, 5.41) is 5.98. The highest BCUT2D eigenvalue weighted by Gasteiger charge is 2.04. The lowest BCUT2D eigenvalue weighted by Crippen LogP contribution is -2.21. The maximum Gasteiger partial charge on any atom is 0.243 e. The van der Waals surface area contributed by atoms with Crippen LogP contribution in [0.1, 0.15) is 19.8 Å². The smallest absolute Gasteiger partial charge is 0.243 e. The van der Waals surface area contributed by atoms with Crippen molar-refractivity contribution in [2.24, 2.45) is 0 Å². The number of nitrogens with one attached hydrogen (secondary N) is 2. The summed E-state index contributed by atoms with van der Waals surface area (Å²) in [7, 11) is 0. The number of hydrogen-bond donors (Lipinski definition) is 2. The highest BCUT2D eigenvalue weighted by molar-refractivity contribution is 5.93. The van der Waals surface area contributed by atoms with Gasteiger partial charge in [0, 0.05) is 11.4 Å². The lowest BCUT2D eigenvalue weighted by molar-refractivity contribution is -0.114. The van der Waals surface area contributed by atoms with Crippen molar-refractivity contribution in [2.45, 2.75) is 19.8 Å². The Hall–Kier alpha value is -3.47. The van der Waals surface area contributed by atoms with Gasteiger partial charge in [-0.25, -0.2) is 0 Å². The summed E-state index contributed by atoms with van der Waals surface area (Å²) < 4.78 is 11.4. The minimum absolute atomic E-state index is 0.120. The maximum absolute atomic E-state index is 12.2. The molecule has 0 aliphatic carbocycles. The molecule has 0 saturated heterocycles. The van der Waals surface area contributed by atoms with Crippen LogP contribution in [-0.4, -0.2) is 19.1 Å². The van der Waals surface area contributed by atoms with Gasteiger partial charge in [0.15, 0.2) is 0 Å². The van der Waals surface area contributed by atoms with E-state index in [0.29, 0.717) is 5.75 Å². The lowest BCUT2D eigenvalue weighted by atomic mass is 10.3. The Morgan fingerprint density at radius 2 is 1.41 bits per heavy atom. The number of unbranched alkanes of at least 4 members (excludes halogenated alkanes) is 1. The van der Waals surface area contributed by atoms with Gasteiger partial charge in [-0.2, -0.15) is 0 Å². The number of para-hydroxylation sites is 1. The van der Waals surface area contributed by atoms with Gasteiger partial charge in [-0.05, 0) is 67.1 Å². The zero-order valence-corrected chi connectivity index (χ0v) is 16.6. The van der Waals surface area contributed by atoms with Crippen LogP contribution in [0, 0.1) is 0 Å². The zero-order chi connectivity index (χ0) is 20.3. The Morgan fingerprint density at radius 1 is 0.793 bits per heavy atom. The van der Waals surface area contributed by atoms with Gasteiger partial charge in [0.1, 0.15) is 17.2 Å². The molecule has 0 unspecified atom stereocenters. The second-order valence-corrected chi connectivity index (χ2v) is 6.57. The molecular weight excluding hydrogens is 364 g/mol. The molecule has 0 bridgehead atoms. The largest absolute Gasteiger partial charge is 0.494 e. The van der Waals surface area contributed by atoms with Crippen LogP contribution in [0.25, 0.3) is 0 Å². The van der Waals surface area contributed by atoms with Crippen molar-refractivity contribution in [3.05, 3.63) is 78.9 Å². The number of anilines is 2. The molecule has 0 atom stereocenters. The first kappa shape index (κ1) is 20.3. The van der Waals surface area contributed by atoms with Crippen LogP contribution in [0.2, 0.25) is 0 Å². The van der Waals surface area contributed by atoms with Crippen LogP contribution in [0.5, 0.6) is 17.2 Å². The maximum atomic E-state index is 12.2. The van der Waals surface area contributed by atoms with Gasteiger partial charge in [0.05, 0.1) is 13.2 Å². The first-order chi connectivity index (χ1) is 14.2. The summed E-state index contributed by atoms with van der Waals surface area (Å²) >= 11 is 0. The number of carbonyl (C=O) groups excluding carboxylic acids is 1. The number of ether oxygens (including phenoxy) is 2. The van der Waals surface area contributed by atoms with E-state index in [1.807, 2.05) is 78.9 Å². The van der Waals surface area contributed by atoms with E-state index in [1.165, 1.54) is 0 Å². The molecule has 0 aliphatic rings. The van der Waals surface area contributed by atoms with Crippen LogP contribution in [0.3, 0.4) is 0 Å². The Bertz CT molecular complexity index is 878. The molecule has 0 saturated carbocycles. The van der Waals surface area contributed by atoms with Crippen LogP contribution in [0.4, 0.5) is 11.4 Å². The molecule has 5 nitrogen and oxygen atoms in total. The number of hydrogen-bond acceptors (Lipinski definition) is 4. The fourth-order valence-electron chi connectivity index (χ4n) is 2.62. The normalized spacial score (nSPS) is 10.2. The molecule has 1 amide bonds. The summed E-state index contributed by atoms with van der Waals surface area (Å²) in [6.45, 7) is 3.04. The molecule has 0 spiro atoms. The van der Waals surface area contributed by atoms with E-state index in [0.717, 1.165) is 42.3 Å². The van der Waals surface area contributed by atoms with E-state index in [4.69, 9.17) is 9.47 Å². The quantitative estimate of drug-likeness (QED) is 0.435. The third-order valence-corrected chi connectivity index (χ3v) is 4.19. The van der Waals surface area contributed by atoms with Crippen LogP contribution in [-0.2, 0) is 4.79 Å². The standard InChI is InChI=1S/C24H26N2O3/c1-2-3-17-28-21-13-9-19(10-14-21)25-18-24(27)26-20-11-15-23(16-12-20)29-22-7-5-4-6-8-22/h4-16,25H,2-3,17-18H2,1H3,(H,26,27). The molecule has 3 aromatic carbocycles. The predicted molar refractivity (Wildman–Crippen MR) is 117 cm³/mol. The summed E-state index contributed by atoms with van der Waals surface area (Å²) in [5.41, 5.74) is 1.59. The SMILES string of the molecule is CCCCOc1ccc(NCC(=O)Nc2ccc(Oc3ccccc3)cc2)cc1. The molecule has 5 heteroatoms. The third kappa shape index (κ3) is 6.88. The van der Waals surface area contributed by atoms with Gasteiger partial charge >= 0.3 is 0 Å². The van der Waals surface area contributed by atoms with Crippen molar-refractivity contribution in [1.29, 1.82) is 0 Å².